The van der Waals surface area contributed by atoms with Gasteiger partial charge in [0.05, 0.1) is 12.1 Å². The number of hydrogen-bond acceptors (Lipinski definition) is 3. The number of fused-ring (bicyclic) bond motifs is 1. The number of para-hydroxylation sites is 1. The normalized spacial score (nSPS) is 14.6. The highest BCUT2D eigenvalue weighted by atomic mass is 35.5. The van der Waals surface area contributed by atoms with Gasteiger partial charge in [-0.1, -0.05) is 24.6 Å². The van der Waals surface area contributed by atoms with Crippen molar-refractivity contribution < 1.29 is 9.53 Å². The minimum Gasteiger partial charge on any atom is -0.494 e. The summed E-state index contributed by atoms with van der Waals surface area (Å²) in [5.74, 6) is 0.801. The number of halogens is 1. The number of nitrogens with zero attached hydrogens (tertiary/aromatic N) is 2. The fourth-order valence-corrected chi connectivity index (χ4v) is 3.75. The molecule has 0 saturated carbocycles. The number of hydrogen-bond donors (Lipinski definition) is 0. The zero-order chi connectivity index (χ0) is 18.5. The third kappa shape index (κ3) is 4.75. The molecule has 0 unspecified atom stereocenters. The monoisotopic (exact) mass is 398 g/mol. The minimum atomic E-state index is -0.0205. The molecule has 0 N–H and O–H groups in total. The molecule has 1 saturated heterocycles. The van der Waals surface area contributed by atoms with Crippen LogP contribution in [0.1, 0.15) is 36.0 Å². The van der Waals surface area contributed by atoms with Crippen LogP contribution >= 0.6 is 12.4 Å². The predicted octanol–water partition coefficient (Wildman–Crippen LogP) is 5.01. The van der Waals surface area contributed by atoms with Crippen LogP contribution in [0, 0.1) is 0 Å². The number of carbonyl (C=O) groups excluding carboxylic acids is 1. The molecule has 1 aromatic heterocycles. The topological polar surface area (TPSA) is 34.5 Å². The third-order valence-corrected chi connectivity index (χ3v) is 5.26. The van der Waals surface area contributed by atoms with Crippen LogP contribution < -0.4 is 4.74 Å². The third-order valence-electron chi connectivity index (χ3n) is 5.26. The standard InChI is InChI=1S/C23H26N2O2.ClH/c26-23(25-17-13-19-7-2-3-8-22(19)25)20-9-11-21(12-10-20)27-18-6-16-24-14-4-1-5-15-24;/h2-3,7-13,17H,1,4-6,14-16,18H2;1H. The average molecular weight is 399 g/mol. The van der Waals surface area contributed by atoms with E-state index >= 15 is 0 Å². The number of likely N-dealkylation sites (tertiary alicyclic amines) is 1. The number of piperidine rings is 1. The van der Waals surface area contributed by atoms with E-state index in [4.69, 9.17) is 4.74 Å². The second-order valence-electron chi connectivity index (χ2n) is 7.18. The maximum absolute atomic E-state index is 12.8. The first kappa shape index (κ1) is 20.4. The Bertz CT molecular complexity index is 898. The zero-order valence-corrected chi connectivity index (χ0v) is 16.9. The number of ether oxygens (including phenoxy) is 1. The van der Waals surface area contributed by atoms with Gasteiger partial charge in [-0.15, -0.1) is 12.4 Å². The highest BCUT2D eigenvalue weighted by Gasteiger charge is 2.12. The lowest BCUT2D eigenvalue weighted by molar-refractivity contribution is 0.0965. The molecule has 0 amide bonds. The van der Waals surface area contributed by atoms with E-state index in [0.29, 0.717) is 12.2 Å². The Hall–Kier alpha value is -2.30. The van der Waals surface area contributed by atoms with Crippen LogP contribution in [-0.2, 0) is 0 Å². The fourth-order valence-electron chi connectivity index (χ4n) is 3.75. The van der Waals surface area contributed by atoms with Crippen LogP contribution in [0.25, 0.3) is 10.9 Å². The van der Waals surface area contributed by atoms with Gasteiger partial charge in [0, 0.05) is 23.7 Å². The van der Waals surface area contributed by atoms with Crippen molar-refractivity contribution in [3.63, 3.8) is 0 Å². The summed E-state index contributed by atoms with van der Waals surface area (Å²) in [6.07, 6.45) is 6.89. The molecule has 4 nitrogen and oxygen atoms in total. The van der Waals surface area contributed by atoms with Crippen LogP contribution in [0.15, 0.2) is 60.8 Å². The Morgan fingerprint density at radius 2 is 1.68 bits per heavy atom. The van der Waals surface area contributed by atoms with Gasteiger partial charge in [-0.3, -0.25) is 9.36 Å². The Labute approximate surface area is 172 Å². The smallest absolute Gasteiger partial charge is 0.262 e. The lowest BCUT2D eigenvalue weighted by atomic mass is 10.1. The summed E-state index contributed by atoms with van der Waals surface area (Å²) in [6.45, 7) is 4.28. The van der Waals surface area contributed by atoms with Gasteiger partial charge in [0.2, 0.25) is 0 Å². The molecule has 1 aliphatic heterocycles. The van der Waals surface area contributed by atoms with E-state index in [9.17, 15) is 4.79 Å². The number of aromatic nitrogens is 1. The second kappa shape index (κ2) is 9.76. The summed E-state index contributed by atoms with van der Waals surface area (Å²) in [6, 6.07) is 17.3. The molecule has 1 aliphatic rings. The van der Waals surface area contributed by atoms with Gasteiger partial charge in [0.15, 0.2) is 0 Å². The summed E-state index contributed by atoms with van der Waals surface area (Å²) >= 11 is 0. The van der Waals surface area contributed by atoms with Crippen LogP contribution in [-0.4, -0.2) is 41.6 Å². The largest absolute Gasteiger partial charge is 0.494 e. The molecule has 5 heteroatoms. The molecule has 0 bridgehead atoms. The van der Waals surface area contributed by atoms with E-state index in [0.717, 1.165) is 29.6 Å². The van der Waals surface area contributed by atoms with Gasteiger partial charge in [-0.05, 0) is 68.8 Å². The maximum Gasteiger partial charge on any atom is 0.262 e. The minimum absolute atomic E-state index is 0. The van der Waals surface area contributed by atoms with Crippen LogP contribution in [0.4, 0.5) is 0 Å². The van der Waals surface area contributed by atoms with Crippen molar-refractivity contribution >= 4 is 29.2 Å². The summed E-state index contributed by atoms with van der Waals surface area (Å²) in [4.78, 5) is 15.3. The van der Waals surface area contributed by atoms with E-state index in [2.05, 4.69) is 4.90 Å². The number of benzene rings is 2. The van der Waals surface area contributed by atoms with Gasteiger partial charge in [0.25, 0.3) is 5.91 Å². The highest BCUT2D eigenvalue weighted by Crippen LogP contribution is 2.19. The summed E-state index contributed by atoms with van der Waals surface area (Å²) in [5.41, 5.74) is 1.59. The lowest BCUT2D eigenvalue weighted by Gasteiger charge is -2.26. The second-order valence-corrected chi connectivity index (χ2v) is 7.18. The molecule has 148 valence electrons. The Kier molecular flexibility index (Phi) is 7.12. The van der Waals surface area contributed by atoms with E-state index in [1.54, 1.807) is 4.57 Å². The zero-order valence-electron chi connectivity index (χ0n) is 16.0. The highest BCUT2D eigenvalue weighted by molar-refractivity contribution is 6.02. The summed E-state index contributed by atoms with van der Waals surface area (Å²) in [5, 5.41) is 1.07. The molecule has 0 radical (unpaired) electrons. The fraction of sp³-hybridized carbons (Fsp3) is 0.348. The van der Waals surface area contributed by atoms with Crippen molar-refractivity contribution in [2.24, 2.45) is 0 Å². The SMILES string of the molecule is Cl.O=C(c1ccc(OCCCN2CCCCC2)cc1)n1ccc2ccccc21. The van der Waals surface area contributed by atoms with Gasteiger partial charge in [0.1, 0.15) is 5.75 Å². The molecule has 0 aliphatic carbocycles. The van der Waals surface area contributed by atoms with Crippen molar-refractivity contribution in [2.45, 2.75) is 25.7 Å². The first-order valence-corrected chi connectivity index (χ1v) is 9.87. The molecule has 4 rings (SSSR count). The maximum atomic E-state index is 12.8. The van der Waals surface area contributed by atoms with Crippen LogP contribution in [0.5, 0.6) is 5.75 Å². The van der Waals surface area contributed by atoms with Gasteiger partial charge >= 0.3 is 0 Å². The summed E-state index contributed by atoms with van der Waals surface area (Å²) < 4.78 is 7.55. The van der Waals surface area contributed by atoms with Crippen molar-refractivity contribution in [1.29, 1.82) is 0 Å². The van der Waals surface area contributed by atoms with Crippen molar-refractivity contribution in [1.82, 2.24) is 9.47 Å². The number of rotatable bonds is 6. The van der Waals surface area contributed by atoms with Crippen LogP contribution in [0.2, 0.25) is 0 Å². The first-order chi connectivity index (χ1) is 13.3. The summed E-state index contributed by atoms with van der Waals surface area (Å²) in [7, 11) is 0. The van der Waals surface area contributed by atoms with E-state index in [1.807, 2.05) is 60.8 Å². The van der Waals surface area contributed by atoms with Crippen molar-refractivity contribution in [3.8, 4) is 5.75 Å². The Morgan fingerprint density at radius 3 is 2.46 bits per heavy atom. The molecule has 0 spiro atoms. The van der Waals surface area contributed by atoms with Gasteiger partial charge in [-0.2, -0.15) is 0 Å². The Balaban J connectivity index is 0.00000225. The Morgan fingerprint density at radius 1 is 0.929 bits per heavy atom. The van der Waals surface area contributed by atoms with E-state index in [1.165, 1.54) is 32.4 Å². The quantitative estimate of drug-likeness (QED) is 0.547. The van der Waals surface area contributed by atoms with E-state index < -0.39 is 0 Å². The van der Waals surface area contributed by atoms with Gasteiger partial charge in [-0.25, -0.2) is 0 Å². The molecular weight excluding hydrogens is 372 g/mol. The molecule has 2 heterocycles. The molecule has 28 heavy (non-hydrogen) atoms. The molecule has 0 atom stereocenters. The van der Waals surface area contributed by atoms with Gasteiger partial charge < -0.3 is 9.64 Å². The van der Waals surface area contributed by atoms with Crippen molar-refractivity contribution in [3.05, 3.63) is 66.4 Å². The molecule has 1 fully saturated rings. The molecular formula is C23H27ClN2O2. The predicted molar refractivity (Wildman–Crippen MR) is 116 cm³/mol. The first-order valence-electron chi connectivity index (χ1n) is 9.87. The van der Waals surface area contributed by atoms with E-state index in [-0.39, 0.29) is 18.3 Å². The molecule has 2 aromatic carbocycles. The molecule has 3 aromatic rings. The average Bonchev–Trinajstić information content (AvgIpc) is 3.16. The lowest BCUT2D eigenvalue weighted by Crippen LogP contribution is -2.31. The van der Waals surface area contributed by atoms with Crippen LogP contribution in [0.3, 0.4) is 0 Å². The van der Waals surface area contributed by atoms with Crippen molar-refractivity contribution in [2.75, 3.05) is 26.2 Å². The number of carbonyl (C=O) groups is 1.